The Balaban J connectivity index is 0.00000533. The van der Waals surface area contributed by atoms with Crippen LogP contribution in [0.4, 0.5) is 11.6 Å². The van der Waals surface area contributed by atoms with Crippen LogP contribution in [0.5, 0.6) is 0 Å². The fourth-order valence-corrected chi connectivity index (χ4v) is 4.54. The number of benzene rings is 1. The molecular formula is C26H39ClN6O5S. The zero-order chi connectivity index (χ0) is 28.0. The molecule has 39 heavy (non-hydrogen) atoms. The Morgan fingerprint density at radius 2 is 1.95 bits per heavy atom. The van der Waals surface area contributed by atoms with E-state index in [2.05, 4.69) is 20.9 Å². The van der Waals surface area contributed by atoms with E-state index in [0.29, 0.717) is 18.9 Å². The van der Waals surface area contributed by atoms with Crippen LogP contribution in [0.1, 0.15) is 36.2 Å². The van der Waals surface area contributed by atoms with Gasteiger partial charge >= 0.3 is 0 Å². The Labute approximate surface area is 236 Å². The molecule has 0 aliphatic carbocycles. The summed E-state index contributed by atoms with van der Waals surface area (Å²) in [5.41, 5.74) is 1.04. The number of aliphatic hydroxyl groups excluding tert-OH is 1. The number of sulfonamides is 1. The number of nitrogens with zero attached hydrogens (tertiary/aromatic N) is 3. The van der Waals surface area contributed by atoms with Crippen molar-refractivity contribution in [3.63, 3.8) is 0 Å². The van der Waals surface area contributed by atoms with Crippen molar-refractivity contribution in [3.05, 3.63) is 53.6 Å². The number of hydrogen-bond donors (Lipinski definition) is 4. The average molecular weight is 583 g/mol. The van der Waals surface area contributed by atoms with Gasteiger partial charge in [0.25, 0.3) is 5.91 Å². The second kappa shape index (κ2) is 13.9. The molecule has 0 radical (unpaired) electrons. The van der Waals surface area contributed by atoms with E-state index < -0.39 is 34.1 Å². The molecule has 1 fully saturated rings. The molecule has 2 aromatic rings. The van der Waals surface area contributed by atoms with E-state index in [0.717, 1.165) is 22.5 Å². The van der Waals surface area contributed by atoms with Gasteiger partial charge < -0.3 is 26.0 Å². The third kappa shape index (κ3) is 8.53. The van der Waals surface area contributed by atoms with E-state index in [1.54, 1.807) is 18.0 Å². The molecule has 2 amide bonds. The van der Waals surface area contributed by atoms with Crippen LogP contribution >= 0.6 is 12.4 Å². The van der Waals surface area contributed by atoms with E-state index in [1.165, 1.54) is 13.1 Å². The lowest BCUT2D eigenvalue weighted by atomic mass is 9.94. The molecule has 1 aromatic heterocycles. The van der Waals surface area contributed by atoms with Gasteiger partial charge in [-0.05, 0) is 37.5 Å². The monoisotopic (exact) mass is 582 g/mol. The minimum atomic E-state index is -3.63. The highest BCUT2D eigenvalue weighted by atomic mass is 35.5. The lowest BCUT2D eigenvalue weighted by molar-refractivity contribution is -0.138. The molecule has 0 bridgehead atoms. The van der Waals surface area contributed by atoms with Crippen LogP contribution < -0.4 is 20.3 Å². The number of carbonyl (C=O) groups excluding carboxylic acids is 2. The summed E-state index contributed by atoms with van der Waals surface area (Å²) in [6.07, 6.45) is 0.910. The molecule has 4 atom stereocenters. The molecule has 13 heteroatoms. The molecule has 3 rings (SSSR count). The second-order valence-electron chi connectivity index (χ2n) is 9.74. The lowest BCUT2D eigenvalue weighted by Gasteiger charge is -2.36. The molecule has 1 saturated heterocycles. The van der Waals surface area contributed by atoms with Gasteiger partial charge in [0, 0.05) is 38.8 Å². The molecular weight excluding hydrogens is 544 g/mol. The number of hydrogen-bond acceptors (Lipinski definition) is 8. The van der Waals surface area contributed by atoms with Gasteiger partial charge in [-0.25, -0.2) is 13.4 Å². The fourth-order valence-electron chi connectivity index (χ4n) is 4.11. The summed E-state index contributed by atoms with van der Waals surface area (Å²) >= 11 is 0. The maximum Gasteiger partial charge on any atom is 0.251 e. The first kappa shape index (κ1) is 32.3. The predicted molar refractivity (Wildman–Crippen MR) is 155 cm³/mol. The first-order valence-electron chi connectivity index (χ1n) is 12.6. The number of carbonyl (C=O) groups is 2. The van der Waals surface area contributed by atoms with Crippen molar-refractivity contribution in [2.45, 2.75) is 50.9 Å². The van der Waals surface area contributed by atoms with Crippen molar-refractivity contribution in [2.75, 3.05) is 43.1 Å². The largest absolute Gasteiger partial charge is 0.389 e. The predicted octanol–water partition coefficient (Wildman–Crippen LogP) is 1.24. The minimum absolute atomic E-state index is 0. The van der Waals surface area contributed by atoms with Crippen LogP contribution in [-0.4, -0.2) is 92.9 Å². The van der Waals surface area contributed by atoms with Crippen LogP contribution in [0.25, 0.3) is 0 Å². The van der Waals surface area contributed by atoms with Crippen molar-refractivity contribution in [3.8, 4) is 0 Å². The fraction of sp³-hybridized carbons (Fsp3) is 0.500. The smallest absolute Gasteiger partial charge is 0.251 e. The zero-order valence-electron chi connectivity index (χ0n) is 22.9. The quantitative estimate of drug-likeness (QED) is 0.310. The molecule has 1 aliphatic rings. The van der Waals surface area contributed by atoms with Crippen molar-refractivity contribution in [1.82, 2.24) is 20.5 Å². The molecule has 0 spiro atoms. The number of pyridine rings is 1. The Kier molecular flexibility index (Phi) is 11.5. The second-order valence-corrected chi connectivity index (χ2v) is 11.7. The lowest BCUT2D eigenvalue weighted by Crippen LogP contribution is -2.63. The van der Waals surface area contributed by atoms with Gasteiger partial charge in [-0.1, -0.05) is 37.3 Å². The first-order chi connectivity index (χ1) is 17.9. The Morgan fingerprint density at radius 3 is 2.56 bits per heavy atom. The summed E-state index contributed by atoms with van der Waals surface area (Å²) in [5, 5.41) is 20.4. The molecule has 1 aromatic carbocycles. The summed E-state index contributed by atoms with van der Waals surface area (Å²) in [6.45, 7) is 4.99. The number of piperazine rings is 1. The van der Waals surface area contributed by atoms with Gasteiger partial charge in [-0.3, -0.25) is 13.9 Å². The topological polar surface area (TPSA) is 144 Å². The molecule has 3 unspecified atom stereocenters. The van der Waals surface area contributed by atoms with E-state index in [4.69, 9.17) is 0 Å². The van der Waals surface area contributed by atoms with E-state index in [9.17, 15) is 23.1 Å². The number of aliphatic hydroxyl groups is 1. The molecule has 2 heterocycles. The molecule has 0 saturated carbocycles. The Morgan fingerprint density at radius 1 is 1.28 bits per heavy atom. The van der Waals surface area contributed by atoms with Gasteiger partial charge in [-0.15, -0.1) is 12.4 Å². The number of halogens is 1. The summed E-state index contributed by atoms with van der Waals surface area (Å²) < 4.78 is 25.4. The molecule has 11 nitrogen and oxygen atoms in total. The molecule has 1 aliphatic heterocycles. The highest BCUT2D eigenvalue weighted by Crippen LogP contribution is 2.21. The van der Waals surface area contributed by atoms with Crippen LogP contribution in [-0.2, 0) is 21.2 Å². The number of amides is 2. The Bertz CT molecular complexity index is 1230. The van der Waals surface area contributed by atoms with Crippen LogP contribution in [0.15, 0.2) is 42.5 Å². The van der Waals surface area contributed by atoms with Gasteiger partial charge in [0.15, 0.2) is 0 Å². The van der Waals surface area contributed by atoms with Crippen molar-refractivity contribution in [1.29, 1.82) is 0 Å². The van der Waals surface area contributed by atoms with Crippen LogP contribution in [0.3, 0.4) is 0 Å². The number of anilines is 2. The minimum Gasteiger partial charge on any atom is -0.389 e. The normalized spacial score (nSPS) is 17.9. The van der Waals surface area contributed by atoms with Gasteiger partial charge in [0.05, 0.1) is 18.4 Å². The number of likely N-dealkylation sites (N-methyl/N-ethyl adjacent to an activating group) is 1. The van der Waals surface area contributed by atoms with Crippen molar-refractivity contribution < 1.29 is 23.1 Å². The van der Waals surface area contributed by atoms with Gasteiger partial charge in [0.1, 0.15) is 17.7 Å². The van der Waals surface area contributed by atoms with E-state index >= 15 is 0 Å². The highest BCUT2D eigenvalue weighted by Gasteiger charge is 2.37. The summed E-state index contributed by atoms with van der Waals surface area (Å²) in [5.74, 6) is -0.350. The average Bonchev–Trinajstić information content (AvgIpc) is 2.88. The van der Waals surface area contributed by atoms with E-state index in [1.807, 2.05) is 44.2 Å². The van der Waals surface area contributed by atoms with Crippen molar-refractivity contribution >= 4 is 45.9 Å². The number of rotatable bonds is 11. The van der Waals surface area contributed by atoms with E-state index in [-0.39, 0.29) is 42.2 Å². The van der Waals surface area contributed by atoms with Gasteiger partial charge in [-0.2, -0.15) is 0 Å². The third-order valence-corrected chi connectivity index (χ3v) is 7.91. The maximum atomic E-state index is 13.5. The van der Waals surface area contributed by atoms with Gasteiger partial charge in [0.2, 0.25) is 15.9 Å². The van der Waals surface area contributed by atoms with Crippen LogP contribution in [0.2, 0.25) is 0 Å². The summed E-state index contributed by atoms with van der Waals surface area (Å²) in [4.78, 5) is 32.3. The maximum absolute atomic E-state index is 13.5. The molecule has 216 valence electrons. The Hall–Kier alpha value is -2.93. The SMILES string of the molecule is CC[C@H](C)Nc1cc(C(=O)NC(Cc2ccccc2)C(O)C2NCCN(C)C2=O)cc(N(C)S(C)(=O)=O)n1.Cl. The summed E-state index contributed by atoms with van der Waals surface area (Å²) in [7, 11) is -0.588. The standard InChI is InChI=1S/C26H38N6O5S.ClH/c1-6-17(2)28-21-15-19(16-22(30-21)32(4)38(5,36)37)25(34)29-20(14-18-10-8-7-9-11-18)24(33)23-26(35)31(3)13-12-27-23;/h7-11,15-17,20,23-24,27,33H,6,12-14H2,1-5H3,(H,28,30)(H,29,34);1H/t17-,20?,23?,24?;/m0./s1. The zero-order valence-corrected chi connectivity index (χ0v) is 24.6. The first-order valence-corrected chi connectivity index (χ1v) is 14.5. The van der Waals surface area contributed by atoms with Crippen LogP contribution in [0, 0.1) is 0 Å². The van der Waals surface area contributed by atoms with Crippen molar-refractivity contribution in [2.24, 2.45) is 0 Å². The third-order valence-electron chi connectivity index (χ3n) is 6.72. The number of aromatic nitrogens is 1. The molecule has 4 N–H and O–H groups in total. The number of nitrogens with one attached hydrogen (secondary N) is 3. The highest BCUT2D eigenvalue weighted by molar-refractivity contribution is 7.92. The summed E-state index contributed by atoms with van der Waals surface area (Å²) in [6, 6.07) is 10.6.